The lowest BCUT2D eigenvalue weighted by Gasteiger charge is -2.20. The zero-order chi connectivity index (χ0) is 17.7. The predicted octanol–water partition coefficient (Wildman–Crippen LogP) is 3.54. The molecule has 1 aromatic heterocycles. The van der Waals surface area contributed by atoms with Crippen LogP contribution in [0.25, 0.3) is 0 Å². The van der Waals surface area contributed by atoms with Crippen LogP contribution in [-0.4, -0.2) is 40.5 Å². The van der Waals surface area contributed by atoms with E-state index in [-0.39, 0.29) is 7.43 Å². The summed E-state index contributed by atoms with van der Waals surface area (Å²) in [6.45, 7) is 5.62. The number of nitrogens with zero attached hydrogens (tertiary/aromatic N) is 3. The number of aryl methyl sites for hydroxylation is 1. The van der Waals surface area contributed by atoms with Gasteiger partial charge < -0.3 is 14.0 Å². The van der Waals surface area contributed by atoms with Crippen LogP contribution >= 0.6 is 11.9 Å². The molecule has 5 rings (SSSR count). The van der Waals surface area contributed by atoms with Crippen LogP contribution in [0.1, 0.15) is 20.3 Å². The number of benzene rings is 1. The Morgan fingerprint density at radius 3 is 2.59 bits per heavy atom. The normalized spacial score (nSPS) is 26.1. The van der Waals surface area contributed by atoms with Crippen molar-refractivity contribution in [1.29, 1.82) is 0 Å². The topological polar surface area (TPSA) is 39.5 Å². The van der Waals surface area contributed by atoms with Gasteiger partial charge in [-0.2, -0.15) is 0 Å². The Bertz CT molecular complexity index is 800. The zero-order valence-electron chi connectivity index (χ0n) is 15.3. The second-order valence-corrected chi connectivity index (χ2v) is 9.06. The Morgan fingerprint density at radius 2 is 1.89 bits per heavy atom. The van der Waals surface area contributed by atoms with Crippen LogP contribution < -0.4 is 15.2 Å². The van der Waals surface area contributed by atoms with E-state index in [0.29, 0.717) is 13.5 Å². The molecule has 0 N–H and O–H groups in total. The molecule has 1 saturated heterocycles. The quantitative estimate of drug-likeness (QED) is 0.595. The summed E-state index contributed by atoms with van der Waals surface area (Å²) in [6, 6.07) is 6.26. The largest absolute Gasteiger partial charge is 0.454 e. The van der Waals surface area contributed by atoms with Gasteiger partial charge in [0.2, 0.25) is 13.5 Å². The fourth-order valence-corrected chi connectivity index (χ4v) is 6.01. The van der Waals surface area contributed by atoms with Crippen LogP contribution in [-0.2, 0) is 7.05 Å². The first-order chi connectivity index (χ1) is 12.7. The Labute approximate surface area is 166 Å². The van der Waals surface area contributed by atoms with Crippen molar-refractivity contribution < 1.29 is 9.47 Å². The van der Waals surface area contributed by atoms with E-state index in [1.165, 1.54) is 36.6 Å². The molecule has 0 spiro atoms. The second kappa shape index (κ2) is 7.43. The summed E-state index contributed by atoms with van der Waals surface area (Å²) >= 11 is 1.87. The minimum absolute atomic E-state index is 0. The third kappa shape index (κ3) is 3.47. The van der Waals surface area contributed by atoms with E-state index in [0.717, 1.165) is 29.2 Å². The van der Waals surface area contributed by atoms with E-state index in [2.05, 4.69) is 46.1 Å². The van der Waals surface area contributed by atoms with E-state index in [1.54, 1.807) is 0 Å². The van der Waals surface area contributed by atoms with E-state index in [4.69, 9.17) is 9.47 Å². The molecule has 144 valence electrons. The highest BCUT2D eigenvalue weighted by Crippen LogP contribution is 2.48. The Hall–Kier alpha value is -1.60. The highest BCUT2D eigenvalue weighted by molar-refractivity contribution is 7.97. The zero-order valence-corrected chi connectivity index (χ0v) is 16.1. The molecule has 1 aliphatic carbocycles. The molecule has 0 amide bonds. The monoisotopic (exact) mass is 385 g/mol. The number of hydrogen-bond acceptors (Lipinski definition) is 5. The maximum Gasteiger partial charge on any atom is 0.231 e. The van der Waals surface area contributed by atoms with Gasteiger partial charge in [0, 0.05) is 37.4 Å². The van der Waals surface area contributed by atoms with Crippen molar-refractivity contribution in [3.8, 4) is 11.5 Å². The number of fused-ring (bicyclic) bond motifs is 2. The summed E-state index contributed by atoms with van der Waals surface area (Å²) in [5, 5.41) is 0. The molecule has 0 radical (unpaired) electrons. The van der Waals surface area contributed by atoms with Crippen molar-refractivity contribution in [2.45, 2.75) is 37.8 Å². The van der Waals surface area contributed by atoms with Crippen LogP contribution in [0.15, 0.2) is 35.5 Å². The van der Waals surface area contributed by atoms with Gasteiger partial charge in [-0.15, -0.1) is 0 Å². The number of hydrogen-bond donors (Lipinski definition) is 0. The molecular weight excluding hydrogens is 357 g/mol. The average Bonchev–Trinajstić information content (AvgIpc) is 3.36. The highest BCUT2D eigenvalue weighted by atomic mass is 32.2. The van der Waals surface area contributed by atoms with Gasteiger partial charge in [0.05, 0.1) is 5.72 Å². The van der Waals surface area contributed by atoms with E-state index >= 15 is 0 Å². The molecule has 0 bridgehead atoms. The first-order valence-electron chi connectivity index (χ1n) is 9.47. The number of rotatable bonds is 4. The third-order valence-corrected chi connectivity index (χ3v) is 7.33. The van der Waals surface area contributed by atoms with Crippen molar-refractivity contribution in [3.05, 3.63) is 30.6 Å². The van der Waals surface area contributed by atoms with Crippen LogP contribution in [0.2, 0.25) is 12.6 Å². The maximum absolute atomic E-state index is 5.50. The van der Waals surface area contributed by atoms with Gasteiger partial charge in [-0.25, -0.2) is 4.31 Å². The van der Waals surface area contributed by atoms with Crippen molar-refractivity contribution >= 4 is 24.4 Å². The lowest BCUT2D eigenvalue weighted by atomic mass is 9.41. The summed E-state index contributed by atoms with van der Waals surface area (Å²) in [7, 11) is 2.11. The van der Waals surface area contributed by atoms with Crippen LogP contribution in [0.3, 0.4) is 0 Å². The molecule has 1 aromatic carbocycles. The van der Waals surface area contributed by atoms with Crippen molar-refractivity contribution in [3.63, 3.8) is 0 Å². The molecule has 3 aliphatic rings. The molecule has 3 heterocycles. The number of imidazole rings is 1. The fourth-order valence-electron chi connectivity index (χ4n) is 4.90. The second-order valence-electron chi connectivity index (χ2n) is 7.89. The fraction of sp³-hybridized carbons (Fsp3) is 0.550. The van der Waals surface area contributed by atoms with Gasteiger partial charge in [-0.1, -0.05) is 32.9 Å². The number of ether oxygens (including phenoxy) is 2. The van der Waals surface area contributed by atoms with E-state index in [1.807, 2.05) is 24.2 Å². The van der Waals surface area contributed by atoms with Crippen molar-refractivity contribution in [2.24, 2.45) is 18.9 Å². The Morgan fingerprint density at radius 1 is 1.15 bits per heavy atom. The van der Waals surface area contributed by atoms with Gasteiger partial charge in [-0.3, -0.25) is 4.98 Å². The summed E-state index contributed by atoms with van der Waals surface area (Å²) < 4.78 is 15.6. The molecule has 5 nitrogen and oxygen atoms in total. The molecule has 2 aromatic rings. The standard InChI is InChI=1S/C19H24BN3O2S.CH4/c1-20(19-21-5-6-22(19)2)15-7-13-10-23(11-14(13)8-15)26-16-3-4-17-18(9-16)25-12-24-17;/h3-6,9,13-15H,7-8,10-12H2,1-2H3;1H4/t13-,14?,15?;/m1./s1. The molecule has 2 aliphatic heterocycles. The Kier molecular flexibility index (Phi) is 5.16. The molecule has 27 heavy (non-hydrogen) atoms. The highest BCUT2D eigenvalue weighted by Gasteiger charge is 2.44. The lowest BCUT2D eigenvalue weighted by Crippen LogP contribution is -2.38. The lowest BCUT2D eigenvalue weighted by molar-refractivity contribution is 0.174. The molecule has 1 saturated carbocycles. The predicted molar refractivity (Wildman–Crippen MR) is 111 cm³/mol. The summed E-state index contributed by atoms with van der Waals surface area (Å²) in [6.07, 6.45) is 6.64. The summed E-state index contributed by atoms with van der Waals surface area (Å²) in [5.41, 5.74) is 1.24. The SMILES string of the molecule is C.CB(c1nccn1C)C1CC2CN(Sc3ccc4c(c3)OCO4)C[C@H]2C1. The van der Waals surface area contributed by atoms with Crippen LogP contribution in [0.4, 0.5) is 0 Å². The van der Waals surface area contributed by atoms with Crippen LogP contribution in [0, 0.1) is 11.8 Å². The maximum atomic E-state index is 5.50. The smallest absolute Gasteiger partial charge is 0.231 e. The number of aromatic nitrogens is 2. The molecule has 2 unspecified atom stereocenters. The van der Waals surface area contributed by atoms with Crippen molar-refractivity contribution in [2.75, 3.05) is 19.9 Å². The first-order valence-corrected chi connectivity index (χ1v) is 10.2. The minimum Gasteiger partial charge on any atom is -0.454 e. The van der Waals surface area contributed by atoms with E-state index in [9.17, 15) is 0 Å². The van der Waals surface area contributed by atoms with E-state index < -0.39 is 0 Å². The van der Waals surface area contributed by atoms with Gasteiger partial charge in [0.1, 0.15) is 0 Å². The molecule has 2 fully saturated rings. The summed E-state index contributed by atoms with van der Waals surface area (Å²) in [4.78, 5) is 5.82. The van der Waals surface area contributed by atoms with Gasteiger partial charge in [0.15, 0.2) is 11.5 Å². The van der Waals surface area contributed by atoms with Gasteiger partial charge in [0.25, 0.3) is 0 Å². The summed E-state index contributed by atoms with van der Waals surface area (Å²) in [5.74, 6) is 4.15. The van der Waals surface area contributed by atoms with Crippen LogP contribution in [0.5, 0.6) is 11.5 Å². The van der Waals surface area contributed by atoms with Crippen molar-refractivity contribution in [1.82, 2.24) is 13.9 Å². The average molecular weight is 385 g/mol. The molecule has 3 atom stereocenters. The molecular formula is C20H28BN3O2S. The first kappa shape index (κ1) is 18.8. The Balaban J connectivity index is 0.00000180. The van der Waals surface area contributed by atoms with Gasteiger partial charge in [-0.05, 0) is 42.0 Å². The third-order valence-electron chi connectivity index (χ3n) is 6.31. The van der Waals surface area contributed by atoms with Gasteiger partial charge >= 0.3 is 0 Å². The molecule has 7 heteroatoms. The minimum atomic E-state index is 0.